The Labute approximate surface area is 96.8 Å². The SMILES string of the molecule is CC1Cc2ccccc2C1NC(=O)C(F)(F)F. The smallest absolute Gasteiger partial charge is 0.341 e. The van der Waals surface area contributed by atoms with Gasteiger partial charge in [0.1, 0.15) is 0 Å². The lowest BCUT2D eigenvalue weighted by molar-refractivity contribution is -0.174. The quantitative estimate of drug-likeness (QED) is 0.807. The molecule has 2 unspecified atom stereocenters. The summed E-state index contributed by atoms with van der Waals surface area (Å²) in [6, 6.07) is 6.72. The van der Waals surface area contributed by atoms with E-state index in [0.29, 0.717) is 6.42 Å². The van der Waals surface area contributed by atoms with Crippen LogP contribution in [0.4, 0.5) is 13.2 Å². The van der Waals surface area contributed by atoms with Crippen LogP contribution in [-0.4, -0.2) is 12.1 Å². The van der Waals surface area contributed by atoms with Crippen LogP contribution >= 0.6 is 0 Å². The maximum absolute atomic E-state index is 12.2. The van der Waals surface area contributed by atoms with E-state index in [1.165, 1.54) is 0 Å². The summed E-state index contributed by atoms with van der Waals surface area (Å²) in [5.74, 6) is -1.88. The third-order valence-corrected chi connectivity index (χ3v) is 3.05. The van der Waals surface area contributed by atoms with Crippen LogP contribution in [0.15, 0.2) is 24.3 Å². The van der Waals surface area contributed by atoms with Crippen LogP contribution in [0.2, 0.25) is 0 Å². The van der Waals surface area contributed by atoms with Gasteiger partial charge in [-0.05, 0) is 23.5 Å². The third kappa shape index (κ3) is 2.28. The predicted molar refractivity (Wildman–Crippen MR) is 56.2 cm³/mol. The summed E-state index contributed by atoms with van der Waals surface area (Å²) in [6.07, 6.45) is -4.13. The fraction of sp³-hybridized carbons (Fsp3) is 0.417. The molecule has 5 heteroatoms. The van der Waals surface area contributed by atoms with Gasteiger partial charge in [0, 0.05) is 0 Å². The van der Waals surface area contributed by atoms with Crippen LogP contribution in [0.25, 0.3) is 0 Å². The van der Waals surface area contributed by atoms with Crippen molar-refractivity contribution < 1.29 is 18.0 Å². The number of carbonyl (C=O) groups excluding carboxylic acids is 1. The Hall–Kier alpha value is -1.52. The summed E-state index contributed by atoms with van der Waals surface area (Å²) < 4.78 is 36.6. The van der Waals surface area contributed by atoms with Crippen molar-refractivity contribution in [1.82, 2.24) is 5.32 Å². The molecule has 92 valence electrons. The second-order valence-corrected chi connectivity index (χ2v) is 4.33. The number of hydrogen-bond acceptors (Lipinski definition) is 1. The Morgan fingerprint density at radius 2 is 2.00 bits per heavy atom. The maximum atomic E-state index is 12.2. The Morgan fingerprint density at radius 3 is 2.65 bits per heavy atom. The first-order chi connectivity index (χ1) is 7.89. The van der Waals surface area contributed by atoms with Gasteiger partial charge in [0.15, 0.2) is 0 Å². The van der Waals surface area contributed by atoms with E-state index in [-0.39, 0.29) is 5.92 Å². The highest BCUT2D eigenvalue weighted by Crippen LogP contribution is 2.36. The molecule has 1 aliphatic carbocycles. The van der Waals surface area contributed by atoms with E-state index in [2.05, 4.69) is 5.32 Å². The molecule has 0 aliphatic heterocycles. The van der Waals surface area contributed by atoms with Gasteiger partial charge in [-0.2, -0.15) is 13.2 Å². The van der Waals surface area contributed by atoms with E-state index >= 15 is 0 Å². The summed E-state index contributed by atoms with van der Waals surface area (Å²) in [5.41, 5.74) is 1.80. The van der Waals surface area contributed by atoms with E-state index in [1.807, 2.05) is 19.1 Å². The van der Waals surface area contributed by atoms with Gasteiger partial charge in [-0.25, -0.2) is 0 Å². The van der Waals surface area contributed by atoms with Crippen molar-refractivity contribution in [3.63, 3.8) is 0 Å². The van der Waals surface area contributed by atoms with Crippen LogP contribution in [0, 0.1) is 5.92 Å². The average Bonchev–Trinajstić information content (AvgIpc) is 2.54. The molecule has 1 aromatic rings. The fourth-order valence-electron chi connectivity index (χ4n) is 2.24. The van der Waals surface area contributed by atoms with Gasteiger partial charge >= 0.3 is 12.1 Å². The maximum Gasteiger partial charge on any atom is 0.471 e. The van der Waals surface area contributed by atoms with Crippen LogP contribution < -0.4 is 5.32 Å². The molecule has 0 fully saturated rings. The van der Waals surface area contributed by atoms with Crippen molar-refractivity contribution in [1.29, 1.82) is 0 Å². The summed E-state index contributed by atoms with van der Waals surface area (Å²) in [7, 11) is 0. The molecule has 1 N–H and O–H groups in total. The summed E-state index contributed by atoms with van der Waals surface area (Å²) in [6.45, 7) is 1.83. The van der Waals surface area contributed by atoms with Crippen LogP contribution in [-0.2, 0) is 11.2 Å². The minimum Gasteiger partial charge on any atom is -0.341 e. The van der Waals surface area contributed by atoms with Gasteiger partial charge in [0.25, 0.3) is 0 Å². The number of nitrogens with one attached hydrogen (secondary N) is 1. The highest BCUT2D eigenvalue weighted by Gasteiger charge is 2.42. The number of alkyl halides is 3. The molecule has 0 aromatic heterocycles. The summed E-state index contributed by atoms with van der Waals surface area (Å²) in [5, 5.41) is 2.06. The zero-order valence-electron chi connectivity index (χ0n) is 9.21. The molecule has 1 aromatic carbocycles. The molecule has 2 rings (SSSR count). The molecule has 1 amide bonds. The molecule has 0 radical (unpaired) electrons. The van der Waals surface area contributed by atoms with Crippen molar-refractivity contribution in [2.24, 2.45) is 5.92 Å². The minimum atomic E-state index is -4.82. The lowest BCUT2D eigenvalue weighted by Crippen LogP contribution is -2.40. The molecule has 2 nitrogen and oxygen atoms in total. The van der Waals surface area contributed by atoms with E-state index in [1.54, 1.807) is 12.1 Å². The van der Waals surface area contributed by atoms with Crippen molar-refractivity contribution in [3.8, 4) is 0 Å². The molecule has 0 saturated carbocycles. The van der Waals surface area contributed by atoms with Crippen LogP contribution in [0.1, 0.15) is 24.1 Å². The van der Waals surface area contributed by atoms with Crippen LogP contribution in [0.3, 0.4) is 0 Å². The Kier molecular flexibility index (Phi) is 2.85. The van der Waals surface area contributed by atoms with Crippen molar-refractivity contribution in [3.05, 3.63) is 35.4 Å². The average molecular weight is 243 g/mol. The van der Waals surface area contributed by atoms with Gasteiger partial charge in [-0.15, -0.1) is 0 Å². The monoisotopic (exact) mass is 243 g/mol. The van der Waals surface area contributed by atoms with Gasteiger partial charge in [-0.3, -0.25) is 4.79 Å². The normalized spacial score (nSPS) is 23.3. The topological polar surface area (TPSA) is 29.1 Å². The molecule has 0 saturated heterocycles. The van der Waals surface area contributed by atoms with Gasteiger partial charge in [-0.1, -0.05) is 31.2 Å². The standard InChI is InChI=1S/C12H12F3NO/c1-7-6-8-4-2-3-5-9(8)10(7)16-11(17)12(13,14)15/h2-5,7,10H,6H2,1H3,(H,16,17). The fourth-order valence-corrected chi connectivity index (χ4v) is 2.24. The molecule has 0 heterocycles. The zero-order valence-corrected chi connectivity index (χ0v) is 9.21. The number of benzene rings is 1. The van der Waals surface area contributed by atoms with E-state index < -0.39 is 18.1 Å². The second kappa shape index (κ2) is 4.05. The highest BCUT2D eigenvalue weighted by atomic mass is 19.4. The predicted octanol–water partition coefficient (Wildman–Crippen LogP) is 2.60. The number of rotatable bonds is 1. The van der Waals surface area contributed by atoms with Crippen LogP contribution in [0.5, 0.6) is 0 Å². The molecule has 17 heavy (non-hydrogen) atoms. The first kappa shape index (κ1) is 12.0. The Balaban J connectivity index is 2.20. The molecule has 0 spiro atoms. The van der Waals surface area contributed by atoms with E-state index in [4.69, 9.17) is 0 Å². The van der Waals surface area contributed by atoms with Crippen molar-refractivity contribution in [2.75, 3.05) is 0 Å². The second-order valence-electron chi connectivity index (χ2n) is 4.33. The number of fused-ring (bicyclic) bond motifs is 1. The number of halogens is 3. The molecular formula is C12H12F3NO. The minimum absolute atomic E-state index is 0.0151. The molecule has 2 atom stereocenters. The third-order valence-electron chi connectivity index (χ3n) is 3.05. The lowest BCUT2D eigenvalue weighted by atomic mass is 10.0. The molecule has 0 bridgehead atoms. The summed E-state index contributed by atoms with van der Waals surface area (Å²) >= 11 is 0. The lowest BCUT2D eigenvalue weighted by Gasteiger charge is -2.19. The number of carbonyl (C=O) groups is 1. The van der Waals surface area contributed by atoms with Gasteiger partial charge in [0.05, 0.1) is 6.04 Å². The van der Waals surface area contributed by atoms with E-state index in [9.17, 15) is 18.0 Å². The number of amides is 1. The van der Waals surface area contributed by atoms with E-state index in [0.717, 1.165) is 11.1 Å². The zero-order chi connectivity index (χ0) is 12.6. The first-order valence-corrected chi connectivity index (χ1v) is 5.35. The molecular weight excluding hydrogens is 231 g/mol. The summed E-state index contributed by atoms with van der Waals surface area (Å²) in [4.78, 5) is 10.9. The van der Waals surface area contributed by atoms with Crippen molar-refractivity contribution in [2.45, 2.75) is 25.6 Å². The Morgan fingerprint density at radius 1 is 1.35 bits per heavy atom. The van der Waals surface area contributed by atoms with Gasteiger partial charge in [0.2, 0.25) is 0 Å². The highest BCUT2D eigenvalue weighted by molar-refractivity contribution is 5.82. The first-order valence-electron chi connectivity index (χ1n) is 5.35. The number of hydrogen-bond donors (Lipinski definition) is 1. The Bertz CT molecular complexity index is 442. The molecule has 1 aliphatic rings. The van der Waals surface area contributed by atoms with Crippen molar-refractivity contribution >= 4 is 5.91 Å². The van der Waals surface area contributed by atoms with Gasteiger partial charge < -0.3 is 5.32 Å². The largest absolute Gasteiger partial charge is 0.471 e.